The Morgan fingerprint density at radius 3 is 2.67 bits per heavy atom. The molecule has 3 nitrogen and oxygen atoms in total. The van der Waals surface area contributed by atoms with Crippen LogP contribution in [0.2, 0.25) is 5.02 Å². The number of hydrogen-bond acceptors (Lipinski definition) is 3. The molecule has 4 heteroatoms. The van der Waals surface area contributed by atoms with Gasteiger partial charge in [0, 0.05) is 12.5 Å². The van der Waals surface area contributed by atoms with Gasteiger partial charge in [0.25, 0.3) is 0 Å². The first kappa shape index (κ1) is 11.9. The van der Waals surface area contributed by atoms with Crippen LogP contribution in [0.25, 0.3) is 0 Å². The summed E-state index contributed by atoms with van der Waals surface area (Å²) in [5.41, 5.74) is 1.74. The van der Waals surface area contributed by atoms with Gasteiger partial charge >= 0.3 is 5.97 Å². The predicted molar refractivity (Wildman–Crippen MR) is 58.2 cm³/mol. The Morgan fingerprint density at radius 1 is 1.47 bits per heavy atom. The fourth-order valence-electron chi connectivity index (χ4n) is 1.23. The van der Waals surface area contributed by atoms with E-state index in [0.29, 0.717) is 5.02 Å². The Labute approximate surface area is 93.9 Å². The number of ether oxygens (including phenoxy) is 2. The standard InChI is InChI=1S/C11H13ClO3/c1-7-4-9(6-15-8(2)13)10(12)5-11(7)14-3/h4-5H,6H2,1-3H3. The van der Waals surface area contributed by atoms with Crippen molar-refractivity contribution in [2.75, 3.05) is 7.11 Å². The van der Waals surface area contributed by atoms with Crippen molar-refractivity contribution in [1.82, 2.24) is 0 Å². The molecule has 82 valence electrons. The van der Waals surface area contributed by atoms with E-state index in [2.05, 4.69) is 0 Å². The number of carbonyl (C=O) groups is 1. The summed E-state index contributed by atoms with van der Waals surface area (Å²) in [5.74, 6) is 0.408. The molecule has 0 fully saturated rings. The van der Waals surface area contributed by atoms with Gasteiger partial charge in [-0.1, -0.05) is 11.6 Å². The SMILES string of the molecule is COc1cc(Cl)c(COC(C)=O)cc1C. The minimum atomic E-state index is -0.320. The highest BCUT2D eigenvalue weighted by molar-refractivity contribution is 6.31. The van der Waals surface area contributed by atoms with Gasteiger partial charge in [-0.2, -0.15) is 0 Å². The number of carbonyl (C=O) groups excluding carboxylic acids is 1. The van der Waals surface area contributed by atoms with Crippen LogP contribution in [0.1, 0.15) is 18.1 Å². The summed E-state index contributed by atoms with van der Waals surface area (Å²) < 4.78 is 9.99. The number of esters is 1. The molecule has 0 aliphatic carbocycles. The molecular weight excluding hydrogens is 216 g/mol. The van der Waals surface area contributed by atoms with Crippen LogP contribution in [0.4, 0.5) is 0 Å². The van der Waals surface area contributed by atoms with Gasteiger partial charge in [0.2, 0.25) is 0 Å². The smallest absolute Gasteiger partial charge is 0.302 e. The second-order valence-electron chi connectivity index (χ2n) is 3.19. The van der Waals surface area contributed by atoms with Crippen LogP contribution in [0.15, 0.2) is 12.1 Å². The first-order chi connectivity index (χ1) is 7.04. The number of halogens is 1. The van der Waals surface area contributed by atoms with E-state index >= 15 is 0 Å². The van der Waals surface area contributed by atoms with Gasteiger partial charge < -0.3 is 9.47 Å². The van der Waals surface area contributed by atoms with Crippen LogP contribution in [-0.2, 0) is 16.1 Å². The van der Waals surface area contributed by atoms with E-state index in [0.717, 1.165) is 16.9 Å². The lowest BCUT2D eigenvalue weighted by molar-refractivity contribution is -0.142. The fraction of sp³-hybridized carbons (Fsp3) is 0.364. The lowest BCUT2D eigenvalue weighted by Gasteiger charge is -2.09. The van der Waals surface area contributed by atoms with Crippen LogP contribution in [0.5, 0.6) is 5.75 Å². The molecule has 0 N–H and O–H groups in total. The van der Waals surface area contributed by atoms with Crippen LogP contribution in [-0.4, -0.2) is 13.1 Å². The maximum atomic E-state index is 10.6. The van der Waals surface area contributed by atoms with Gasteiger partial charge in [0.05, 0.1) is 12.1 Å². The Hall–Kier alpha value is -1.22. The second kappa shape index (κ2) is 5.03. The molecule has 0 radical (unpaired) electrons. The minimum Gasteiger partial charge on any atom is -0.496 e. The summed E-state index contributed by atoms with van der Waals surface area (Å²) in [6, 6.07) is 3.57. The summed E-state index contributed by atoms with van der Waals surface area (Å²) in [6.07, 6.45) is 0. The van der Waals surface area contributed by atoms with Crippen molar-refractivity contribution in [2.24, 2.45) is 0 Å². The maximum absolute atomic E-state index is 10.6. The molecule has 0 heterocycles. The monoisotopic (exact) mass is 228 g/mol. The van der Waals surface area contributed by atoms with E-state index < -0.39 is 0 Å². The minimum absolute atomic E-state index is 0.193. The molecule has 1 rings (SSSR count). The van der Waals surface area contributed by atoms with Crippen molar-refractivity contribution in [3.8, 4) is 5.75 Å². The zero-order chi connectivity index (χ0) is 11.4. The van der Waals surface area contributed by atoms with Gasteiger partial charge in [0.15, 0.2) is 0 Å². The second-order valence-corrected chi connectivity index (χ2v) is 3.60. The Bertz CT molecular complexity index is 374. The van der Waals surface area contributed by atoms with E-state index in [4.69, 9.17) is 21.1 Å². The number of benzene rings is 1. The van der Waals surface area contributed by atoms with Gasteiger partial charge in [-0.25, -0.2) is 0 Å². The molecule has 15 heavy (non-hydrogen) atoms. The largest absolute Gasteiger partial charge is 0.496 e. The van der Waals surface area contributed by atoms with Crippen LogP contribution in [0, 0.1) is 6.92 Å². The highest BCUT2D eigenvalue weighted by atomic mass is 35.5. The molecule has 0 saturated heterocycles. The molecule has 0 unspecified atom stereocenters. The van der Waals surface area contributed by atoms with E-state index in [9.17, 15) is 4.79 Å². The first-order valence-electron chi connectivity index (χ1n) is 4.51. The van der Waals surface area contributed by atoms with Crippen LogP contribution in [0.3, 0.4) is 0 Å². The van der Waals surface area contributed by atoms with Crippen LogP contribution >= 0.6 is 11.6 Å². The van der Waals surface area contributed by atoms with Crippen molar-refractivity contribution < 1.29 is 14.3 Å². The summed E-state index contributed by atoms with van der Waals surface area (Å²) in [6.45, 7) is 3.47. The summed E-state index contributed by atoms with van der Waals surface area (Å²) in [4.78, 5) is 10.6. The van der Waals surface area contributed by atoms with E-state index in [1.807, 2.05) is 13.0 Å². The van der Waals surface area contributed by atoms with Crippen molar-refractivity contribution in [1.29, 1.82) is 0 Å². The number of hydrogen-bond donors (Lipinski definition) is 0. The fourth-order valence-corrected chi connectivity index (χ4v) is 1.44. The number of methoxy groups -OCH3 is 1. The average Bonchev–Trinajstić information content (AvgIpc) is 2.18. The highest BCUT2D eigenvalue weighted by Gasteiger charge is 2.07. The zero-order valence-electron chi connectivity index (χ0n) is 8.96. The molecule has 0 saturated carbocycles. The van der Waals surface area contributed by atoms with Crippen molar-refractivity contribution in [3.63, 3.8) is 0 Å². The molecule has 0 atom stereocenters. The van der Waals surface area contributed by atoms with Crippen molar-refractivity contribution in [3.05, 3.63) is 28.3 Å². The topological polar surface area (TPSA) is 35.5 Å². The zero-order valence-corrected chi connectivity index (χ0v) is 9.72. The molecule has 1 aromatic rings. The summed E-state index contributed by atoms with van der Waals surface area (Å²) in [7, 11) is 1.59. The number of aryl methyl sites for hydroxylation is 1. The lowest BCUT2D eigenvalue weighted by Crippen LogP contribution is -2.00. The molecule has 0 aliphatic heterocycles. The summed E-state index contributed by atoms with van der Waals surface area (Å²) >= 11 is 5.99. The Balaban J connectivity index is 2.90. The molecule has 0 spiro atoms. The maximum Gasteiger partial charge on any atom is 0.302 e. The quantitative estimate of drug-likeness (QED) is 0.747. The van der Waals surface area contributed by atoms with Gasteiger partial charge in [-0.05, 0) is 24.6 Å². The first-order valence-corrected chi connectivity index (χ1v) is 4.88. The third-order valence-electron chi connectivity index (χ3n) is 1.99. The number of rotatable bonds is 3. The third kappa shape index (κ3) is 3.13. The molecule has 1 aromatic carbocycles. The average molecular weight is 229 g/mol. The molecule has 0 aromatic heterocycles. The predicted octanol–water partition coefficient (Wildman–Crippen LogP) is 2.72. The third-order valence-corrected chi connectivity index (χ3v) is 2.35. The normalized spacial score (nSPS) is 9.87. The van der Waals surface area contributed by atoms with Gasteiger partial charge in [0.1, 0.15) is 12.4 Å². The van der Waals surface area contributed by atoms with Gasteiger partial charge in [-0.15, -0.1) is 0 Å². The molecule has 0 aliphatic rings. The Kier molecular flexibility index (Phi) is 3.97. The summed E-state index contributed by atoms with van der Waals surface area (Å²) in [5, 5.41) is 0.540. The van der Waals surface area contributed by atoms with Crippen LogP contribution < -0.4 is 4.74 Å². The van der Waals surface area contributed by atoms with E-state index in [1.165, 1.54) is 6.92 Å². The molecular formula is C11H13ClO3. The Morgan fingerprint density at radius 2 is 2.13 bits per heavy atom. The van der Waals surface area contributed by atoms with Gasteiger partial charge in [-0.3, -0.25) is 4.79 Å². The highest BCUT2D eigenvalue weighted by Crippen LogP contribution is 2.27. The van der Waals surface area contributed by atoms with E-state index in [-0.39, 0.29) is 12.6 Å². The molecule has 0 amide bonds. The van der Waals surface area contributed by atoms with E-state index in [1.54, 1.807) is 13.2 Å². The molecule has 0 bridgehead atoms. The lowest BCUT2D eigenvalue weighted by atomic mass is 10.1. The van der Waals surface area contributed by atoms with Crippen molar-refractivity contribution in [2.45, 2.75) is 20.5 Å². The van der Waals surface area contributed by atoms with Crippen molar-refractivity contribution >= 4 is 17.6 Å².